The van der Waals surface area contributed by atoms with Gasteiger partial charge in [-0.3, -0.25) is 9.48 Å². The third-order valence-corrected chi connectivity index (χ3v) is 2.69. The van der Waals surface area contributed by atoms with Gasteiger partial charge in [0.1, 0.15) is 0 Å². The van der Waals surface area contributed by atoms with Crippen LogP contribution in [0.15, 0.2) is 6.07 Å². The van der Waals surface area contributed by atoms with E-state index in [4.69, 9.17) is 5.11 Å². The van der Waals surface area contributed by atoms with Crippen molar-refractivity contribution in [3.63, 3.8) is 0 Å². The highest BCUT2D eigenvalue weighted by Crippen LogP contribution is 2.48. The Bertz CT molecular complexity index is 438. The molecule has 1 aromatic heterocycles. The van der Waals surface area contributed by atoms with Gasteiger partial charge in [0, 0.05) is 18.7 Å². The molecule has 0 bridgehead atoms. The van der Waals surface area contributed by atoms with Crippen LogP contribution in [0.3, 0.4) is 0 Å². The fraction of sp³-hybridized carbons (Fsp3) is 0.556. The monoisotopic (exact) mass is 234 g/mol. The molecule has 0 radical (unpaired) electrons. The van der Waals surface area contributed by atoms with Crippen LogP contribution >= 0.6 is 0 Å². The molecule has 1 aromatic rings. The van der Waals surface area contributed by atoms with E-state index in [0.717, 1.165) is 10.7 Å². The van der Waals surface area contributed by atoms with Gasteiger partial charge in [-0.1, -0.05) is 0 Å². The highest BCUT2D eigenvalue weighted by Gasteiger charge is 2.47. The van der Waals surface area contributed by atoms with E-state index in [9.17, 15) is 18.0 Å². The summed E-state index contributed by atoms with van der Waals surface area (Å²) in [5, 5.41) is 12.0. The van der Waals surface area contributed by atoms with Crippen LogP contribution in [-0.4, -0.2) is 20.9 Å². The average Bonchev–Trinajstić information content (AvgIpc) is 2.82. The highest BCUT2D eigenvalue weighted by atomic mass is 19.4. The lowest BCUT2D eigenvalue weighted by Crippen LogP contribution is -2.06. The van der Waals surface area contributed by atoms with Gasteiger partial charge in [-0.25, -0.2) is 0 Å². The maximum atomic E-state index is 12.3. The quantitative estimate of drug-likeness (QED) is 0.846. The van der Waals surface area contributed by atoms with Crippen molar-refractivity contribution in [3.8, 4) is 0 Å². The number of carbonyl (C=O) groups is 1. The van der Waals surface area contributed by atoms with E-state index in [-0.39, 0.29) is 5.92 Å². The second-order valence-corrected chi connectivity index (χ2v) is 3.86. The SMILES string of the molecule is Cn1nc(C(F)(F)F)cc1C1CC1C(=O)O. The summed E-state index contributed by atoms with van der Waals surface area (Å²) >= 11 is 0. The molecule has 7 heteroatoms. The highest BCUT2D eigenvalue weighted by molar-refractivity contribution is 5.75. The molecule has 1 fully saturated rings. The van der Waals surface area contributed by atoms with Crippen molar-refractivity contribution < 1.29 is 23.1 Å². The Hall–Kier alpha value is -1.53. The van der Waals surface area contributed by atoms with Gasteiger partial charge >= 0.3 is 12.1 Å². The number of aryl methyl sites for hydroxylation is 1. The molecule has 0 spiro atoms. The van der Waals surface area contributed by atoms with Crippen molar-refractivity contribution in [2.24, 2.45) is 13.0 Å². The number of nitrogens with zero attached hydrogens (tertiary/aromatic N) is 2. The van der Waals surface area contributed by atoms with Crippen LogP contribution in [0.25, 0.3) is 0 Å². The number of halogens is 3. The molecule has 1 aliphatic rings. The number of hydrogen-bond acceptors (Lipinski definition) is 2. The van der Waals surface area contributed by atoms with E-state index in [1.807, 2.05) is 0 Å². The molecular weight excluding hydrogens is 225 g/mol. The molecule has 16 heavy (non-hydrogen) atoms. The van der Waals surface area contributed by atoms with Gasteiger partial charge < -0.3 is 5.11 Å². The summed E-state index contributed by atoms with van der Waals surface area (Å²) in [7, 11) is 1.39. The lowest BCUT2D eigenvalue weighted by Gasteiger charge is -1.99. The van der Waals surface area contributed by atoms with Crippen LogP contribution in [0.4, 0.5) is 13.2 Å². The number of aromatic nitrogens is 2. The molecule has 88 valence electrons. The minimum Gasteiger partial charge on any atom is -0.481 e. The Kier molecular flexibility index (Phi) is 2.21. The molecule has 2 atom stereocenters. The summed E-state index contributed by atoms with van der Waals surface area (Å²) in [6.07, 6.45) is -4.10. The van der Waals surface area contributed by atoms with Crippen LogP contribution < -0.4 is 0 Å². The Balaban J connectivity index is 2.25. The molecule has 1 heterocycles. The molecule has 1 aliphatic carbocycles. The van der Waals surface area contributed by atoms with Gasteiger partial charge in [-0.05, 0) is 12.5 Å². The number of rotatable bonds is 2. The molecule has 4 nitrogen and oxygen atoms in total. The third kappa shape index (κ3) is 1.77. The first-order valence-corrected chi connectivity index (χ1v) is 4.64. The molecule has 0 saturated heterocycles. The number of carboxylic acids is 1. The number of alkyl halides is 3. The Labute approximate surface area is 88.7 Å². The minimum absolute atomic E-state index is 0.333. The number of aliphatic carboxylic acids is 1. The predicted molar refractivity (Wildman–Crippen MR) is 46.7 cm³/mol. The van der Waals surface area contributed by atoms with Crippen molar-refractivity contribution in [2.75, 3.05) is 0 Å². The van der Waals surface area contributed by atoms with Crippen LogP contribution in [0.1, 0.15) is 23.7 Å². The van der Waals surface area contributed by atoms with Crippen molar-refractivity contribution >= 4 is 5.97 Å². The van der Waals surface area contributed by atoms with Gasteiger partial charge in [0.2, 0.25) is 0 Å². The van der Waals surface area contributed by atoms with E-state index >= 15 is 0 Å². The lowest BCUT2D eigenvalue weighted by molar-refractivity contribution is -0.141. The predicted octanol–water partition coefficient (Wildman–Crippen LogP) is 1.63. The van der Waals surface area contributed by atoms with Crippen molar-refractivity contribution in [1.29, 1.82) is 0 Å². The average molecular weight is 234 g/mol. The summed E-state index contributed by atoms with van der Waals surface area (Å²) < 4.78 is 38.1. The molecule has 0 aromatic carbocycles. The first-order valence-electron chi connectivity index (χ1n) is 4.64. The number of hydrogen-bond donors (Lipinski definition) is 1. The number of carboxylic acid groups (broad SMARTS) is 1. The van der Waals surface area contributed by atoms with Gasteiger partial charge in [-0.2, -0.15) is 18.3 Å². The zero-order valence-corrected chi connectivity index (χ0v) is 8.32. The zero-order valence-electron chi connectivity index (χ0n) is 8.32. The Morgan fingerprint density at radius 3 is 2.62 bits per heavy atom. The standard InChI is InChI=1S/C9H9F3N2O2/c1-14-6(4-2-5(4)8(15)16)3-7(13-14)9(10,11)12/h3-5H,2H2,1H3,(H,15,16). The summed E-state index contributed by atoms with van der Waals surface area (Å²) in [6, 6.07) is 0.924. The van der Waals surface area contributed by atoms with E-state index < -0.39 is 23.8 Å². The second-order valence-electron chi connectivity index (χ2n) is 3.86. The van der Waals surface area contributed by atoms with Crippen LogP contribution in [0.5, 0.6) is 0 Å². The maximum Gasteiger partial charge on any atom is 0.435 e. The molecule has 0 aliphatic heterocycles. The summed E-state index contributed by atoms with van der Waals surface area (Å²) in [5.41, 5.74) is -0.638. The Morgan fingerprint density at radius 2 is 2.25 bits per heavy atom. The minimum atomic E-state index is -4.48. The van der Waals surface area contributed by atoms with Gasteiger partial charge in [0.15, 0.2) is 5.69 Å². The zero-order chi connectivity index (χ0) is 12.1. The van der Waals surface area contributed by atoms with Gasteiger partial charge in [0.25, 0.3) is 0 Å². The maximum absolute atomic E-state index is 12.3. The first kappa shape index (κ1) is 11.0. The third-order valence-electron chi connectivity index (χ3n) is 2.69. The van der Waals surface area contributed by atoms with Gasteiger partial charge in [-0.15, -0.1) is 0 Å². The largest absolute Gasteiger partial charge is 0.481 e. The molecule has 1 N–H and O–H groups in total. The summed E-state index contributed by atoms with van der Waals surface area (Å²) in [6.45, 7) is 0. The summed E-state index contributed by atoms with van der Waals surface area (Å²) in [4.78, 5) is 10.6. The first-order chi connectivity index (χ1) is 7.30. The molecular formula is C9H9F3N2O2. The van der Waals surface area contributed by atoms with E-state index in [1.165, 1.54) is 7.05 Å². The van der Waals surface area contributed by atoms with E-state index in [1.54, 1.807) is 0 Å². The lowest BCUT2D eigenvalue weighted by atomic mass is 10.2. The molecule has 2 unspecified atom stereocenters. The van der Waals surface area contributed by atoms with Crippen LogP contribution in [-0.2, 0) is 18.0 Å². The second kappa shape index (κ2) is 3.23. The van der Waals surface area contributed by atoms with Crippen molar-refractivity contribution in [3.05, 3.63) is 17.5 Å². The van der Waals surface area contributed by atoms with Crippen molar-refractivity contribution in [2.45, 2.75) is 18.5 Å². The molecule has 0 amide bonds. The molecule has 2 rings (SSSR count). The summed E-state index contributed by atoms with van der Waals surface area (Å²) in [5.74, 6) is -1.89. The fourth-order valence-corrected chi connectivity index (χ4v) is 1.76. The Morgan fingerprint density at radius 1 is 1.62 bits per heavy atom. The smallest absolute Gasteiger partial charge is 0.435 e. The van der Waals surface area contributed by atoms with E-state index in [0.29, 0.717) is 12.1 Å². The normalized spacial score (nSPS) is 24.5. The molecule has 1 saturated carbocycles. The van der Waals surface area contributed by atoms with Crippen LogP contribution in [0, 0.1) is 5.92 Å². The van der Waals surface area contributed by atoms with Crippen LogP contribution in [0.2, 0.25) is 0 Å². The van der Waals surface area contributed by atoms with Gasteiger partial charge in [0.05, 0.1) is 5.92 Å². The van der Waals surface area contributed by atoms with E-state index in [2.05, 4.69) is 5.10 Å². The van der Waals surface area contributed by atoms with Crippen molar-refractivity contribution in [1.82, 2.24) is 9.78 Å². The topological polar surface area (TPSA) is 55.1 Å². The fourth-order valence-electron chi connectivity index (χ4n) is 1.76.